The minimum Gasteiger partial charge on any atom is -0.550 e. The van der Waals surface area contributed by atoms with E-state index in [1.807, 2.05) is 20.8 Å². The van der Waals surface area contributed by atoms with Crippen molar-refractivity contribution in [2.45, 2.75) is 91.5 Å². The number of ether oxygens (including phenoxy) is 1. The van der Waals surface area contributed by atoms with Crippen LogP contribution in [-0.2, 0) is 14.3 Å². The molecule has 0 heterocycles. The monoisotopic (exact) mass is 458 g/mol. The van der Waals surface area contributed by atoms with E-state index >= 15 is 0 Å². The van der Waals surface area contributed by atoms with Crippen molar-refractivity contribution in [1.29, 1.82) is 0 Å². The van der Waals surface area contributed by atoms with Gasteiger partial charge in [-0.3, -0.25) is 4.79 Å². The molecule has 2 aliphatic rings. The molecule has 0 amide bonds. The topological polar surface area (TPSA) is 107 Å². The van der Waals surface area contributed by atoms with Crippen LogP contribution in [0, 0.1) is 29.1 Å². The van der Waals surface area contributed by atoms with E-state index in [1.54, 1.807) is 0 Å². The Morgan fingerprint density at radius 2 is 1.91 bits per heavy atom. The summed E-state index contributed by atoms with van der Waals surface area (Å²) >= 11 is 0. The summed E-state index contributed by atoms with van der Waals surface area (Å²) in [6.07, 6.45) is 6.66. The average molecular weight is 459 g/mol. The van der Waals surface area contributed by atoms with Gasteiger partial charge >= 0.3 is 35.5 Å². The maximum atomic E-state index is 12.8. The molecule has 0 saturated carbocycles. The second-order valence-electron chi connectivity index (χ2n) is 10.2. The first kappa shape index (κ1) is 29.4. The van der Waals surface area contributed by atoms with Crippen LogP contribution in [0.1, 0.15) is 73.1 Å². The number of hydrogen-bond donors (Lipinski definition) is 2. The number of carbonyl (C=O) groups excluding carboxylic acids is 2. The van der Waals surface area contributed by atoms with Crippen LogP contribution in [-0.4, -0.2) is 40.5 Å². The van der Waals surface area contributed by atoms with E-state index in [0.29, 0.717) is 25.2 Å². The first-order chi connectivity index (χ1) is 14.4. The van der Waals surface area contributed by atoms with E-state index in [4.69, 9.17) is 4.74 Å². The summed E-state index contributed by atoms with van der Waals surface area (Å²) in [5.74, 6) is -0.641. The number of carboxylic acid groups (broad SMARTS) is 1. The SMILES string of the molecule is CCC(C)(C)C(=O)O[C@H]1C[C@@H](C)C=C2C=C[C@H](C)[C@H](CC[C@@H](O)C[C@@H](O)CC(=O)[O-])C21.[Na+]. The third kappa shape index (κ3) is 7.98. The molecule has 32 heavy (non-hydrogen) atoms. The number of hydrogen-bond acceptors (Lipinski definition) is 6. The van der Waals surface area contributed by atoms with Crippen LogP contribution in [0.2, 0.25) is 0 Å². The fraction of sp³-hybridized carbons (Fsp3) is 0.760. The standard InChI is InChI=1S/C25H40O6.Na/c1-6-25(4,5)24(30)31-21-12-15(2)11-17-8-7-16(3)20(23(17)21)10-9-18(26)13-19(27)14-22(28)29;/h7-8,11,15-16,18-21,23,26-27H,6,9-10,12-14H2,1-5H3,(H,28,29);/q;+1/p-1/t15-,16-,18+,19+,20-,21-,23?;/m0./s1. The van der Waals surface area contributed by atoms with Gasteiger partial charge in [0, 0.05) is 18.3 Å². The zero-order valence-electron chi connectivity index (χ0n) is 20.5. The number of esters is 1. The zero-order valence-corrected chi connectivity index (χ0v) is 22.5. The summed E-state index contributed by atoms with van der Waals surface area (Å²) in [5.41, 5.74) is 0.669. The van der Waals surface area contributed by atoms with E-state index in [2.05, 4.69) is 32.1 Å². The molecule has 0 spiro atoms. The third-order valence-electron chi connectivity index (χ3n) is 7.07. The zero-order chi connectivity index (χ0) is 23.3. The van der Waals surface area contributed by atoms with Crippen LogP contribution in [0.3, 0.4) is 0 Å². The molecular formula is C25H39NaO6. The first-order valence-electron chi connectivity index (χ1n) is 11.6. The van der Waals surface area contributed by atoms with Crippen molar-refractivity contribution < 1.29 is 59.2 Å². The van der Waals surface area contributed by atoms with E-state index in [-0.39, 0.29) is 65.8 Å². The largest absolute Gasteiger partial charge is 1.00 e. The van der Waals surface area contributed by atoms with Crippen LogP contribution < -0.4 is 34.7 Å². The molecule has 0 fully saturated rings. The maximum Gasteiger partial charge on any atom is 1.00 e. The number of carboxylic acids is 1. The molecule has 0 radical (unpaired) electrons. The number of aliphatic hydroxyl groups excluding tert-OH is 2. The van der Waals surface area contributed by atoms with Crippen molar-refractivity contribution in [1.82, 2.24) is 0 Å². The third-order valence-corrected chi connectivity index (χ3v) is 7.07. The molecule has 176 valence electrons. The second-order valence-corrected chi connectivity index (χ2v) is 10.2. The molecule has 7 heteroatoms. The van der Waals surface area contributed by atoms with Gasteiger partial charge in [-0.15, -0.1) is 0 Å². The number of rotatable bonds is 10. The van der Waals surface area contributed by atoms with Crippen LogP contribution in [0.15, 0.2) is 23.8 Å². The molecule has 6 nitrogen and oxygen atoms in total. The predicted octanol–water partition coefficient (Wildman–Crippen LogP) is -0.225. The van der Waals surface area contributed by atoms with Gasteiger partial charge in [0.25, 0.3) is 0 Å². The van der Waals surface area contributed by atoms with Gasteiger partial charge in [0.1, 0.15) is 6.10 Å². The Bertz CT molecular complexity index is 701. The summed E-state index contributed by atoms with van der Waals surface area (Å²) in [6, 6.07) is 0. The van der Waals surface area contributed by atoms with Crippen molar-refractivity contribution in [2.75, 3.05) is 0 Å². The minimum absolute atomic E-state index is 0. The molecule has 0 bridgehead atoms. The van der Waals surface area contributed by atoms with Gasteiger partial charge in [-0.1, -0.05) is 39.0 Å². The molecule has 0 aromatic rings. The number of fused-ring (bicyclic) bond motifs is 1. The van der Waals surface area contributed by atoms with E-state index < -0.39 is 30.0 Å². The fourth-order valence-corrected chi connectivity index (χ4v) is 4.76. The Kier molecular flexibility index (Phi) is 11.7. The van der Waals surface area contributed by atoms with Gasteiger partial charge in [0.05, 0.1) is 17.6 Å². The molecule has 0 aromatic carbocycles. The van der Waals surface area contributed by atoms with Crippen molar-refractivity contribution in [3.8, 4) is 0 Å². The number of aliphatic carboxylic acids is 1. The van der Waals surface area contributed by atoms with Gasteiger partial charge in [0.2, 0.25) is 0 Å². The van der Waals surface area contributed by atoms with Gasteiger partial charge in [-0.2, -0.15) is 0 Å². The molecule has 0 saturated heterocycles. The molecule has 0 aliphatic heterocycles. The number of carbonyl (C=O) groups is 2. The van der Waals surface area contributed by atoms with Crippen LogP contribution in [0.4, 0.5) is 0 Å². The average Bonchev–Trinajstić information content (AvgIpc) is 2.66. The van der Waals surface area contributed by atoms with Gasteiger partial charge < -0.3 is 24.9 Å². The van der Waals surface area contributed by atoms with E-state index in [9.17, 15) is 24.9 Å². The molecular weight excluding hydrogens is 419 g/mol. The number of allylic oxidation sites excluding steroid dienone is 3. The molecule has 2 rings (SSSR count). The predicted molar refractivity (Wildman–Crippen MR) is 117 cm³/mol. The maximum absolute atomic E-state index is 12.8. The van der Waals surface area contributed by atoms with Crippen molar-refractivity contribution in [2.24, 2.45) is 29.1 Å². The van der Waals surface area contributed by atoms with E-state index in [0.717, 1.165) is 6.42 Å². The minimum atomic E-state index is -1.32. The van der Waals surface area contributed by atoms with Gasteiger partial charge in [0.15, 0.2) is 0 Å². The van der Waals surface area contributed by atoms with Gasteiger partial charge in [-0.05, 0) is 69.3 Å². The summed E-state index contributed by atoms with van der Waals surface area (Å²) in [6.45, 7) is 10.1. The number of aliphatic hydroxyl groups is 2. The summed E-state index contributed by atoms with van der Waals surface area (Å²) < 4.78 is 6.09. The normalized spacial score (nSPS) is 29.2. The Morgan fingerprint density at radius 1 is 1.25 bits per heavy atom. The van der Waals surface area contributed by atoms with Crippen molar-refractivity contribution >= 4 is 11.9 Å². The molecule has 2 N–H and O–H groups in total. The Hall–Kier alpha value is -0.660. The first-order valence-corrected chi connectivity index (χ1v) is 11.6. The molecule has 2 aliphatic carbocycles. The quantitative estimate of drug-likeness (QED) is 0.346. The Balaban J connectivity index is 0.00000512. The van der Waals surface area contributed by atoms with Crippen LogP contribution in [0.25, 0.3) is 0 Å². The summed E-state index contributed by atoms with van der Waals surface area (Å²) in [5, 5.41) is 30.8. The fourth-order valence-electron chi connectivity index (χ4n) is 4.76. The van der Waals surface area contributed by atoms with Crippen molar-refractivity contribution in [3.63, 3.8) is 0 Å². The smallest absolute Gasteiger partial charge is 0.550 e. The summed E-state index contributed by atoms with van der Waals surface area (Å²) in [7, 11) is 0. The Labute approximate surface area is 214 Å². The van der Waals surface area contributed by atoms with Crippen LogP contribution >= 0.6 is 0 Å². The van der Waals surface area contributed by atoms with Crippen molar-refractivity contribution in [3.05, 3.63) is 23.8 Å². The van der Waals surface area contributed by atoms with Gasteiger partial charge in [-0.25, -0.2) is 0 Å². The molecule has 7 atom stereocenters. The van der Waals surface area contributed by atoms with Crippen LogP contribution in [0.5, 0.6) is 0 Å². The van der Waals surface area contributed by atoms with E-state index in [1.165, 1.54) is 5.57 Å². The molecule has 1 unspecified atom stereocenters. The second kappa shape index (κ2) is 12.7. The summed E-state index contributed by atoms with van der Waals surface area (Å²) in [4.78, 5) is 23.5. The molecule has 0 aromatic heterocycles. The Morgan fingerprint density at radius 3 is 2.50 bits per heavy atom.